The maximum absolute atomic E-state index is 5.46. The average molecular weight is 342 g/mol. The van der Waals surface area contributed by atoms with Crippen molar-refractivity contribution in [1.82, 2.24) is 20.2 Å². The zero-order valence-electron chi connectivity index (χ0n) is 14.8. The maximum atomic E-state index is 5.46. The van der Waals surface area contributed by atoms with Gasteiger partial charge in [0, 0.05) is 39.9 Å². The molecule has 0 spiro atoms. The SMILES string of the molecule is CN1CCCN(Cc2nnnn2CC2CCOCC2)c2ccccc21. The van der Waals surface area contributed by atoms with Crippen LogP contribution in [0.1, 0.15) is 25.1 Å². The van der Waals surface area contributed by atoms with Crippen molar-refractivity contribution < 1.29 is 4.74 Å². The highest BCUT2D eigenvalue weighted by molar-refractivity contribution is 5.71. The summed E-state index contributed by atoms with van der Waals surface area (Å²) in [4.78, 5) is 4.74. The van der Waals surface area contributed by atoms with Crippen LogP contribution in [0.25, 0.3) is 0 Å². The van der Waals surface area contributed by atoms with Gasteiger partial charge < -0.3 is 14.5 Å². The van der Waals surface area contributed by atoms with Gasteiger partial charge >= 0.3 is 0 Å². The average Bonchev–Trinajstić information content (AvgIpc) is 3.01. The first-order valence-electron chi connectivity index (χ1n) is 9.19. The summed E-state index contributed by atoms with van der Waals surface area (Å²) in [6.07, 6.45) is 3.32. The topological polar surface area (TPSA) is 59.3 Å². The monoisotopic (exact) mass is 342 g/mol. The summed E-state index contributed by atoms with van der Waals surface area (Å²) in [5.41, 5.74) is 2.55. The second-order valence-corrected chi connectivity index (χ2v) is 7.02. The predicted octanol–water partition coefficient (Wildman–Crippen LogP) is 1.95. The lowest BCUT2D eigenvalue weighted by molar-refractivity contribution is 0.0596. The van der Waals surface area contributed by atoms with Crippen LogP contribution in [0.2, 0.25) is 0 Å². The smallest absolute Gasteiger partial charge is 0.170 e. The lowest BCUT2D eigenvalue weighted by Gasteiger charge is -2.26. The van der Waals surface area contributed by atoms with Crippen molar-refractivity contribution in [3.05, 3.63) is 30.1 Å². The second kappa shape index (κ2) is 7.39. The molecule has 1 saturated heterocycles. The van der Waals surface area contributed by atoms with Crippen LogP contribution in [0.5, 0.6) is 0 Å². The summed E-state index contributed by atoms with van der Waals surface area (Å²) in [5, 5.41) is 12.5. The van der Waals surface area contributed by atoms with Gasteiger partial charge in [0.1, 0.15) is 0 Å². The molecule has 0 bridgehead atoms. The van der Waals surface area contributed by atoms with Crippen LogP contribution in [0.15, 0.2) is 24.3 Å². The number of anilines is 2. The van der Waals surface area contributed by atoms with E-state index in [-0.39, 0.29) is 0 Å². The summed E-state index contributed by atoms with van der Waals surface area (Å²) in [6.45, 7) is 5.44. The molecule has 0 aliphatic carbocycles. The highest BCUT2D eigenvalue weighted by atomic mass is 16.5. The summed E-state index contributed by atoms with van der Waals surface area (Å²) in [7, 11) is 2.16. The van der Waals surface area contributed by atoms with E-state index in [0.717, 1.165) is 64.5 Å². The quantitative estimate of drug-likeness (QED) is 0.846. The number of ether oxygens (including phenoxy) is 1. The third-order valence-electron chi connectivity index (χ3n) is 5.27. The molecule has 3 heterocycles. The van der Waals surface area contributed by atoms with Crippen LogP contribution in [-0.4, -0.2) is 53.6 Å². The molecule has 0 amide bonds. The van der Waals surface area contributed by atoms with Crippen LogP contribution in [-0.2, 0) is 17.8 Å². The van der Waals surface area contributed by atoms with E-state index in [0.29, 0.717) is 5.92 Å². The molecule has 134 valence electrons. The van der Waals surface area contributed by atoms with Gasteiger partial charge in [0.25, 0.3) is 0 Å². The van der Waals surface area contributed by atoms with Gasteiger partial charge in [-0.2, -0.15) is 0 Å². The third kappa shape index (κ3) is 3.61. The Bertz CT molecular complexity index is 696. The molecular formula is C18H26N6O. The maximum Gasteiger partial charge on any atom is 0.170 e. The largest absolute Gasteiger partial charge is 0.381 e. The number of para-hydroxylation sites is 2. The van der Waals surface area contributed by atoms with E-state index >= 15 is 0 Å². The van der Waals surface area contributed by atoms with Crippen molar-refractivity contribution in [1.29, 1.82) is 0 Å². The fourth-order valence-corrected chi connectivity index (χ4v) is 3.78. The van der Waals surface area contributed by atoms with E-state index < -0.39 is 0 Å². The number of rotatable bonds is 4. The van der Waals surface area contributed by atoms with E-state index in [1.165, 1.54) is 11.4 Å². The molecule has 1 fully saturated rings. The number of hydrogen-bond acceptors (Lipinski definition) is 6. The van der Waals surface area contributed by atoms with Gasteiger partial charge in [0.05, 0.1) is 17.9 Å². The number of benzene rings is 1. The molecule has 4 rings (SSSR count). The molecule has 2 aromatic rings. The Morgan fingerprint density at radius 1 is 1.12 bits per heavy atom. The zero-order valence-corrected chi connectivity index (χ0v) is 14.8. The number of nitrogens with zero attached hydrogens (tertiary/aromatic N) is 6. The van der Waals surface area contributed by atoms with Crippen molar-refractivity contribution >= 4 is 11.4 Å². The zero-order chi connectivity index (χ0) is 17.1. The molecule has 25 heavy (non-hydrogen) atoms. The summed E-state index contributed by atoms with van der Waals surface area (Å²) in [5.74, 6) is 1.56. The Morgan fingerprint density at radius 3 is 2.76 bits per heavy atom. The van der Waals surface area contributed by atoms with Crippen LogP contribution >= 0.6 is 0 Å². The Balaban J connectivity index is 1.52. The number of aromatic nitrogens is 4. The van der Waals surface area contributed by atoms with E-state index in [2.05, 4.69) is 56.6 Å². The van der Waals surface area contributed by atoms with Crippen molar-refractivity contribution in [3.8, 4) is 0 Å². The second-order valence-electron chi connectivity index (χ2n) is 7.02. The van der Waals surface area contributed by atoms with E-state index in [1.54, 1.807) is 0 Å². The Labute approximate surface area is 148 Å². The van der Waals surface area contributed by atoms with Crippen LogP contribution in [0, 0.1) is 5.92 Å². The van der Waals surface area contributed by atoms with Crippen LogP contribution in [0.4, 0.5) is 11.4 Å². The van der Waals surface area contributed by atoms with Gasteiger partial charge in [-0.3, -0.25) is 0 Å². The minimum Gasteiger partial charge on any atom is -0.381 e. The van der Waals surface area contributed by atoms with Crippen LogP contribution in [0.3, 0.4) is 0 Å². The van der Waals surface area contributed by atoms with E-state index in [4.69, 9.17) is 4.74 Å². The fraction of sp³-hybridized carbons (Fsp3) is 0.611. The summed E-state index contributed by atoms with van der Waals surface area (Å²) >= 11 is 0. The first-order chi connectivity index (χ1) is 12.3. The number of hydrogen-bond donors (Lipinski definition) is 0. The number of tetrazole rings is 1. The van der Waals surface area contributed by atoms with Gasteiger partial charge in [0.15, 0.2) is 5.82 Å². The van der Waals surface area contributed by atoms with Crippen molar-refractivity contribution in [2.75, 3.05) is 43.2 Å². The van der Waals surface area contributed by atoms with Crippen molar-refractivity contribution in [3.63, 3.8) is 0 Å². The summed E-state index contributed by atoms with van der Waals surface area (Å²) < 4.78 is 7.45. The van der Waals surface area contributed by atoms with Gasteiger partial charge in [-0.15, -0.1) is 5.10 Å². The lowest BCUT2D eigenvalue weighted by atomic mass is 10.0. The van der Waals surface area contributed by atoms with Gasteiger partial charge in [-0.05, 0) is 47.7 Å². The minimum absolute atomic E-state index is 0.610. The van der Waals surface area contributed by atoms with E-state index in [1.807, 2.05) is 4.68 Å². The molecule has 0 unspecified atom stereocenters. The van der Waals surface area contributed by atoms with Gasteiger partial charge in [-0.1, -0.05) is 12.1 Å². The molecule has 1 aromatic carbocycles. The molecule has 0 saturated carbocycles. The normalized spacial score (nSPS) is 18.9. The lowest BCUT2D eigenvalue weighted by Crippen LogP contribution is -2.27. The molecule has 2 aliphatic heterocycles. The molecule has 0 N–H and O–H groups in total. The Hall–Kier alpha value is -2.15. The molecular weight excluding hydrogens is 316 g/mol. The third-order valence-corrected chi connectivity index (χ3v) is 5.27. The standard InChI is InChI=1S/C18H26N6O/c1-22-9-4-10-23(17-6-3-2-5-16(17)22)14-18-19-20-21-24(18)13-15-7-11-25-12-8-15/h2-3,5-6,15H,4,7-14H2,1H3. The molecule has 0 atom stereocenters. The first kappa shape index (κ1) is 16.3. The fourth-order valence-electron chi connectivity index (χ4n) is 3.78. The highest BCUT2D eigenvalue weighted by Gasteiger charge is 2.22. The molecule has 7 nitrogen and oxygen atoms in total. The van der Waals surface area contributed by atoms with Crippen LogP contribution < -0.4 is 9.80 Å². The first-order valence-corrected chi connectivity index (χ1v) is 9.19. The van der Waals surface area contributed by atoms with Crippen molar-refractivity contribution in [2.45, 2.75) is 32.4 Å². The molecule has 7 heteroatoms. The molecule has 0 radical (unpaired) electrons. The van der Waals surface area contributed by atoms with E-state index in [9.17, 15) is 0 Å². The van der Waals surface area contributed by atoms with Gasteiger partial charge in [0.2, 0.25) is 0 Å². The predicted molar refractivity (Wildman–Crippen MR) is 96.7 cm³/mol. The minimum atomic E-state index is 0.610. The molecule has 2 aliphatic rings. The van der Waals surface area contributed by atoms with Crippen molar-refractivity contribution in [2.24, 2.45) is 5.92 Å². The Kier molecular flexibility index (Phi) is 4.83. The Morgan fingerprint density at radius 2 is 1.92 bits per heavy atom. The molecule has 1 aromatic heterocycles. The van der Waals surface area contributed by atoms with Gasteiger partial charge in [-0.25, -0.2) is 4.68 Å². The number of fused-ring (bicyclic) bond motifs is 1. The summed E-state index contributed by atoms with van der Waals surface area (Å²) in [6, 6.07) is 8.60. The highest BCUT2D eigenvalue weighted by Crippen LogP contribution is 2.32.